The van der Waals surface area contributed by atoms with Crippen LogP contribution >= 0.6 is 11.3 Å². The monoisotopic (exact) mass is 410 g/mol. The highest BCUT2D eigenvalue weighted by atomic mass is 32.1. The van der Waals surface area contributed by atoms with Crippen LogP contribution in [-0.4, -0.2) is 29.8 Å². The summed E-state index contributed by atoms with van der Waals surface area (Å²) in [6, 6.07) is 16.3. The first-order valence-electron chi connectivity index (χ1n) is 8.75. The number of benzene rings is 2. The van der Waals surface area contributed by atoms with Crippen molar-refractivity contribution in [2.45, 2.75) is 0 Å². The van der Waals surface area contributed by atoms with Crippen LogP contribution in [0, 0.1) is 10.1 Å². The quantitative estimate of drug-likeness (QED) is 0.297. The summed E-state index contributed by atoms with van der Waals surface area (Å²) in [5, 5.41) is 21.1. The second-order valence-electron chi connectivity index (χ2n) is 5.96. The van der Waals surface area contributed by atoms with Gasteiger partial charge in [-0.1, -0.05) is 18.2 Å². The first-order chi connectivity index (χ1) is 14.0. The summed E-state index contributed by atoms with van der Waals surface area (Å²) in [5.74, 6) is -0.572. The Bertz CT molecular complexity index is 1000. The van der Waals surface area contributed by atoms with Gasteiger partial charge >= 0.3 is 0 Å². The molecule has 0 fully saturated rings. The van der Waals surface area contributed by atoms with Gasteiger partial charge in [-0.3, -0.25) is 19.7 Å². The number of thiophene rings is 1. The second-order valence-corrected chi connectivity index (χ2v) is 6.91. The summed E-state index contributed by atoms with van der Waals surface area (Å²) >= 11 is 1.32. The van der Waals surface area contributed by atoms with Crippen molar-refractivity contribution in [3.63, 3.8) is 0 Å². The molecule has 2 aromatic carbocycles. The van der Waals surface area contributed by atoms with E-state index in [1.165, 1.54) is 23.5 Å². The van der Waals surface area contributed by atoms with E-state index in [4.69, 9.17) is 0 Å². The molecule has 0 bridgehead atoms. The predicted octanol–water partition coefficient (Wildman–Crippen LogP) is 3.75. The van der Waals surface area contributed by atoms with E-state index in [0.717, 1.165) is 0 Å². The number of nitrogens with one attached hydrogen (secondary N) is 3. The first kappa shape index (κ1) is 20.0. The van der Waals surface area contributed by atoms with E-state index < -0.39 is 4.92 Å². The van der Waals surface area contributed by atoms with Crippen LogP contribution in [0.15, 0.2) is 66.0 Å². The maximum Gasteiger partial charge on any atom is 0.269 e. The summed E-state index contributed by atoms with van der Waals surface area (Å²) < 4.78 is 0. The summed E-state index contributed by atoms with van der Waals surface area (Å²) in [6.45, 7) is 0.774. The van der Waals surface area contributed by atoms with E-state index in [2.05, 4.69) is 16.0 Å². The molecule has 3 N–H and O–H groups in total. The van der Waals surface area contributed by atoms with Gasteiger partial charge in [-0.25, -0.2) is 0 Å². The van der Waals surface area contributed by atoms with Crippen LogP contribution < -0.4 is 16.0 Å². The van der Waals surface area contributed by atoms with Gasteiger partial charge in [0.2, 0.25) is 0 Å². The minimum absolute atomic E-state index is 0.0186. The lowest BCUT2D eigenvalue weighted by Gasteiger charge is -2.12. The second kappa shape index (κ2) is 9.47. The zero-order chi connectivity index (χ0) is 20.6. The van der Waals surface area contributed by atoms with Gasteiger partial charge in [0.15, 0.2) is 0 Å². The van der Waals surface area contributed by atoms with Gasteiger partial charge in [0.1, 0.15) is 0 Å². The van der Waals surface area contributed by atoms with Crippen molar-refractivity contribution in [1.82, 2.24) is 5.32 Å². The van der Waals surface area contributed by atoms with E-state index in [1.807, 2.05) is 5.38 Å². The number of hydrogen-bond donors (Lipinski definition) is 3. The van der Waals surface area contributed by atoms with Gasteiger partial charge in [0.05, 0.1) is 21.1 Å². The summed E-state index contributed by atoms with van der Waals surface area (Å²) in [7, 11) is 0. The average molecular weight is 410 g/mol. The lowest BCUT2D eigenvalue weighted by atomic mass is 10.1. The van der Waals surface area contributed by atoms with Crippen molar-refractivity contribution in [2.75, 3.05) is 23.7 Å². The third-order valence-corrected chi connectivity index (χ3v) is 4.85. The Kier molecular flexibility index (Phi) is 6.54. The van der Waals surface area contributed by atoms with Crippen LogP contribution in [-0.2, 0) is 0 Å². The van der Waals surface area contributed by atoms with Crippen LogP contribution in [0.25, 0.3) is 0 Å². The molecule has 148 valence electrons. The highest BCUT2D eigenvalue weighted by molar-refractivity contribution is 7.12. The molecule has 0 aliphatic carbocycles. The van der Waals surface area contributed by atoms with Crippen molar-refractivity contribution < 1.29 is 14.5 Å². The van der Waals surface area contributed by atoms with Crippen molar-refractivity contribution in [3.8, 4) is 0 Å². The SMILES string of the molecule is O=C(Nc1ccccc1C(=O)NCCNc1ccc([N+](=O)[O-])cc1)c1cccs1. The van der Waals surface area contributed by atoms with E-state index in [0.29, 0.717) is 34.9 Å². The molecule has 2 amide bonds. The van der Waals surface area contributed by atoms with Gasteiger partial charge in [0, 0.05) is 30.9 Å². The third kappa shape index (κ3) is 5.39. The number of nitrogens with zero attached hydrogens (tertiary/aromatic N) is 1. The average Bonchev–Trinajstić information content (AvgIpc) is 3.27. The predicted molar refractivity (Wildman–Crippen MR) is 113 cm³/mol. The summed E-state index contributed by atoms with van der Waals surface area (Å²) in [5.41, 5.74) is 1.54. The molecule has 29 heavy (non-hydrogen) atoms. The Hall–Kier alpha value is -3.72. The van der Waals surface area contributed by atoms with Crippen LogP contribution in [0.3, 0.4) is 0 Å². The number of para-hydroxylation sites is 1. The number of anilines is 2. The molecule has 0 radical (unpaired) electrons. The van der Waals surface area contributed by atoms with Crippen molar-refractivity contribution in [2.24, 2.45) is 0 Å². The molecule has 9 heteroatoms. The minimum Gasteiger partial charge on any atom is -0.383 e. The van der Waals surface area contributed by atoms with Crippen LogP contribution in [0.5, 0.6) is 0 Å². The number of amides is 2. The molecule has 8 nitrogen and oxygen atoms in total. The number of hydrogen-bond acceptors (Lipinski definition) is 6. The standard InChI is InChI=1S/C20H18N4O4S/c25-19(22-12-11-21-14-7-9-15(10-8-14)24(27)28)16-4-1-2-5-17(16)23-20(26)18-6-3-13-29-18/h1-10,13,21H,11-12H2,(H,22,25)(H,23,26). The lowest BCUT2D eigenvalue weighted by molar-refractivity contribution is -0.384. The molecule has 0 saturated heterocycles. The number of rotatable bonds is 8. The Balaban J connectivity index is 1.53. The van der Waals surface area contributed by atoms with E-state index in [-0.39, 0.29) is 17.5 Å². The van der Waals surface area contributed by atoms with E-state index >= 15 is 0 Å². The smallest absolute Gasteiger partial charge is 0.269 e. The van der Waals surface area contributed by atoms with Crippen molar-refractivity contribution in [3.05, 3.63) is 86.6 Å². The normalized spacial score (nSPS) is 10.2. The molecule has 0 atom stereocenters. The Morgan fingerprint density at radius 3 is 2.38 bits per heavy atom. The third-order valence-electron chi connectivity index (χ3n) is 3.98. The fraction of sp³-hybridized carbons (Fsp3) is 0.100. The van der Waals surface area contributed by atoms with Crippen molar-refractivity contribution >= 4 is 40.2 Å². The molecule has 0 unspecified atom stereocenters. The number of nitro groups is 1. The Morgan fingerprint density at radius 1 is 0.931 bits per heavy atom. The maximum absolute atomic E-state index is 12.5. The topological polar surface area (TPSA) is 113 Å². The summed E-state index contributed by atoms with van der Waals surface area (Å²) in [4.78, 5) is 35.5. The lowest BCUT2D eigenvalue weighted by Crippen LogP contribution is -2.29. The van der Waals surface area contributed by atoms with Gasteiger partial charge in [0.25, 0.3) is 17.5 Å². The largest absolute Gasteiger partial charge is 0.383 e. The maximum atomic E-state index is 12.5. The first-order valence-corrected chi connectivity index (χ1v) is 9.63. The van der Waals surface area contributed by atoms with Crippen LogP contribution in [0.4, 0.5) is 17.1 Å². The zero-order valence-electron chi connectivity index (χ0n) is 15.3. The molecule has 0 aliphatic rings. The number of non-ortho nitro benzene ring substituents is 1. The molecule has 1 aromatic heterocycles. The molecular formula is C20H18N4O4S. The molecule has 1 heterocycles. The Labute approximate surface area is 170 Å². The Morgan fingerprint density at radius 2 is 1.69 bits per heavy atom. The van der Waals surface area contributed by atoms with E-state index in [1.54, 1.807) is 48.5 Å². The van der Waals surface area contributed by atoms with Gasteiger partial charge in [-0.05, 0) is 35.7 Å². The fourth-order valence-corrected chi connectivity index (χ4v) is 3.18. The molecule has 0 spiro atoms. The summed E-state index contributed by atoms with van der Waals surface area (Å²) in [6.07, 6.45) is 0. The van der Waals surface area contributed by atoms with Crippen LogP contribution in [0.2, 0.25) is 0 Å². The molecule has 3 aromatic rings. The zero-order valence-corrected chi connectivity index (χ0v) is 16.1. The highest BCUT2D eigenvalue weighted by Crippen LogP contribution is 2.18. The molecular weight excluding hydrogens is 392 g/mol. The number of carbonyl (C=O) groups is 2. The van der Waals surface area contributed by atoms with Gasteiger partial charge < -0.3 is 16.0 Å². The van der Waals surface area contributed by atoms with Gasteiger partial charge in [-0.2, -0.15) is 0 Å². The molecule has 0 aliphatic heterocycles. The minimum atomic E-state index is -0.460. The van der Waals surface area contributed by atoms with Crippen LogP contribution in [0.1, 0.15) is 20.0 Å². The van der Waals surface area contributed by atoms with Gasteiger partial charge in [-0.15, -0.1) is 11.3 Å². The number of nitro benzene ring substituents is 1. The van der Waals surface area contributed by atoms with E-state index in [9.17, 15) is 19.7 Å². The van der Waals surface area contributed by atoms with Crippen molar-refractivity contribution in [1.29, 1.82) is 0 Å². The fourth-order valence-electron chi connectivity index (χ4n) is 2.56. The number of carbonyl (C=O) groups excluding carboxylic acids is 2. The molecule has 0 saturated carbocycles. The highest BCUT2D eigenvalue weighted by Gasteiger charge is 2.14. The molecule has 3 rings (SSSR count).